The Balaban J connectivity index is 1.35. The summed E-state index contributed by atoms with van der Waals surface area (Å²) in [6.07, 6.45) is 0. The number of urea groups is 1. The van der Waals surface area contributed by atoms with Gasteiger partial charge in [0, 0.05) is 48.4 Å². The average molecular weight is 480 g/mol. The van der Waals surface area contributed by atoms with Crippen molar-refractivity contribution in [1.29, 1.82) is 0 Å². The molecule has 6 heteroatoms. The third-order valence-corrected chi connectivity index (χ3v) is 6.87. The van der Waals surface area contributed by atoms with Crippen molar-refractivity contribution in [2.45, 2.75) is 33.6 Å². The van der Waals surface area contributed by atoms with E-state index in [1.54, 1.807) is 0 Å². The van der Waals surface area contributed by atoms with Crippen molar-refractivity contribution in [3.63, 3.8) is 0 Å². The van der Waals surface area contributed by atoms with Crippen LogP contribution in [0.3, 0.4) is 0 Å². The number of amides is 2. The highest BCUT2D eigenvalue weighted by Crippen LogP contribution is 2.32. The molecule has 1 aromatic heterocycles. The average Bonchev–Trinajstić information content (AvgIpc) is 2.88. The molecule has 2 amide bonds. The molecule has 2 heterocycles. The molecule has 0 aliphatic carbocycles. The van der Waals surface area contributed by atoms with Gasteiger partial charge in [0.15, 0.2) is 5.82 Å². The van der Waals surface area contributed by atoms with E-state index < -0.39 is 0 Å². The summed E-state index contributed by atoms with van der Waals surface area (Å²) < 4.78 is 0. The molecule has 5 rings (SSSR count). The molecule has 0 atom stereocenters. The van der Waals surface area contributed by atoms with Crippen LogP contribution in [0, 0.1) is 13.8 Å². The van der Waals surface area contributed by atoms with E-state index in [9.17, 15) is 4.79 Å². The lowest BCUT2D eigenvalue weighted by Crippen LogP contribution is -2.50. The number of carbonyl (C=O) groups excluding carboxylic acids is 1. The first-order valence-electron chi connectivity index (χ1n) is 12.6. The Morgan fingerprint density at radius 2 is 1.61 bits per heavy atom. The Hall–Kier alpha value is -3.93. The van der Waals surface area contributed by atoms with Crippen molar-refractivity contribution in [3.05, 3.63) is 83.6 Å². The number of hydrogen-bond donors (Lipinski definition) is 1. The molecule has 1 N–H and O–H groups in total. The van der Waals surface area contributed by atoms with Crippen molar-refractivity contribution in [3.8, 4) is 11.4 Å². The zero-order chi connectivity index (χ0) is 25.2. The number of carbonyl (C=O) groups is 1. The number of benzene rings is 3. The van der Waals surface area contributed by atoms with Crippen LogP contribution in [0.2, 0.25) is 0 Å². The van der Waals surface area contributed by atoms with Gasteiger partial charge in [-0.2, -0.15) is 0 Å². The van der Waals surface area contributed by atoms with E-state index in [2.05, 4.69) is 68.2 Å². The maximum Gasteiger partial charge on any atom is 0.321 e. The Morgan fingerprint density at radius 3 is 2.36 bits per heavy atom. The normalized spacial score (nSPS) is 13.9. The topological polar surface area (TPSA) is 61.4 Å². The van der Waals surface area contributed by atoms with Crippen molar-refractivity contribution in [1.82, 2.24) is 14.9 Å². The maximum atomic E-state index is 13.1. The van der Waals surface area contributed by atoms with Crippen LogP contribution in [0.1, 0.15) is 36.6 Å². The molecule has 184 valence electrons. The molecule has 1 saturated heterocycles. The van der Waals surface area contributed by atoms with Crippen LogP contribution >= 0.6 is 0 Å². The third kappa shape index (κ3) is 4.76. The summed E-state index contributed by atoms with van der Waals surface area (Å²) in [5, 5.41) is 5.29. The second-order valence-corrected chi connectivity index (χ2v) is 9.83. The van der Waals surface area contributed by atoms with E-state index in [0.29, 0.717) is 19.0 Å². The van der Waals surface area contributed by atoms with Gasteiger partial charge in [-0.25, -0.2) is 14.8 Å². The molecule has 0 bridgehead atoms. The van der Waals surface area contributed by atoms with Gasteiger partial charge in [-0.3, -0.25) is 0 Å². The SMILES string of the molecule is Cc1cccc(-c2nc(C)c(C(C)C)c(N3CCN(C(=O)Nc4cccc5ccccc45)CC3)n2)c1. The smallest absolute Gasteiger partial charge is 0.321 e. The molecule has 1 fully saturated rings. The molecule has 0 saturated carbocycles. The Kier molecular flexibility index (Phi) is 6.59. The van der Waals surface area contributed by atoms with E-state index in [1.807, 2.05) is 41.3 Å². The van der Waals surface area contributed by atoms with Gasteiger partial charge in [0.25, 0.3) is 0 Å². The van der Waals surface area contributed by atoms with E-state index in [4.69, 9.17) is 9.97 Å². The zero-order valence-corrected chi connectivity index (χ0v) is 21.5. The quantitative estimate of drug-likeness (QED) is 0.368. The first-order valence-corrected chi connectivity index (χ1v) is 12.6. The molecular formula is C30H33N5O. The van der Waals surface area contributed by atoms with E-state index >= 15 is 0 Å². The van der Waals surface area contributed by atoms with Gasteiger partial charge < -0.3 is 15.1 Å². The molecule has 0 spiro atoms. The Labute approximate surface area is 213 Å². The summed E-state index contributed by atoms with van der Waals surface area (Å²) >= 11 is 0. The molecule has 6 nitrogen and oxygen atoms in total. The van der Waals surface area contributed by atoms with Gasteiger partial charge in [-0.05, 0) is 37.3 Å². The summed E-state index contributed by atoms with van der Waals surface area (Å²) in [6, 6.07) is 22.4. The first-order chi connectivity index (χ1) is 17.4. The maximum absolute atomic E-state index is 13.1. The van der Waals surface area contributed by atoms with Crippen LogP contribution in [0.4, 0.5) is 16.3 Å². The number of fused-ring (bicyclic) bond motifs is 1. The number of piperazine rings is 1. The second-order valence-electron chi connectivity index (χ2n) is 9.83. The van der Waals surface area contributed by atoms with Crippen LogP contribution in [-0.2, 0) is 0 Å². The van der Waals surface area contributed by atoms with Gasteiger partial charge >= 0.3 is 6.03 Å². The number of nitrogens with one attached hydrogen (secondary N) is 1. The Bertz CT molecular complexity index is 1400. The van der Waals surface area contributed by atoms with Crippen LogP contribution in [-0.4, -0.2) is 47.1 Å². The zero-order valence-electron chi connectivity index (χ0n) is 21.5. The summed E-state index contributed by atoms with van der Waals surface area (Å²) in [4.78, 5) is 27.2. The van der Waals surface area contributed by atoms with Gasteiger partial charge in [0.05, 0.1) is 5.69 Å². The van der Waals surface area contributed by atoms with Crippen LogP contribution < -0.4 is 10.2 Å². The molecular weight excluding hydrogens is 446 g/mol. The lowest BCUT2D eigenvalue weighted by molar-refractivity contribution is 0.208. The lowest BCUT2D eigenvalue weighted by atomic mass is 10.0. The summed E-state index contributed by atoms with van der Waals surface area (Å²) in [5.41, 5.74) is 5.26. The molecule has 36 heavy (non-hydrogen) atoms. The van der Waals surface area contributed by atoms with Crippen LogP contribution in [0.25, 0.3) is 22.2 Å². The number of aryl methyl sites for hydroxylation is 2. The number of anilines is 2. The van der Waals surface area contributed by atoms with E-state index in [-0.39, 0.29) is 6.03 Å². The van der Waals surface area contributed by atoms with Gasteiger partial charge in [-0.1, -0.05) is 74.0 Å². The van der Waals surface area contributed by atoms with Gasteiger partial charge in [-0.15, -0.1) is 0 Å². The summed E-state index contributed by atoms with van der Waals surface area (Å²) in [5.74, 6) is 2.05. The minimum Gasteiger partial charge on any atom is -0.353 e. The van der Waals surface area contributed by atoms with Crippen LogP contribution in [0.15, 0.2) is 66.7 Å². The largest absolute Gasteiger partial charge is 0.353 e. The van der Waals surface area contributed by atoms with Crippen molar-refractivity contribution in [2.24, 2.45) is 0 Å². The predicted octanol–water partition coefficient (Wildman–Crippen LogP) is 6.39. The third-order valence-electron chi connectivity index (χ3n) is 6.87. The molecule has 1 aliphatic rings. The van der Waals surface area contributed by atoms with Crippen LogP contribution in [0.5, 0.6) is 0 Å². The Morgan fingerprint density at radius 1 is 0.889 bits per heavy atom. The molecule has 4 aromatic rings. The fourth-order valence-electron chi connectivity index (χ4n) is 5.05. The summed E-state index contributed by atoms with van der Waals surface area (Å²) in [7, 11) is 0. The number of aromatic nitrogens is 2. The highest BCUT2D eigenvalue weighted by Gasteiger charge is 2.26. The fourth-order valence-corrected chi connectivity index (χ4v) is 5.05. The van der Waals surface area contributed by atoms with Crippen molar-refractivity contribution in [2.75, 3.05) is 36.4 Å². The molecule has 1 aliphatic heterocycles. The summed E-state index contributed by atoms with van der Waals surface area (Å²) in [6.45, 7) is 11.3. The lowest BCUT2D eigenvalue weighted by Gasteiger charge is -2.37. The minimum atomic E-state index is -0.0607. The highest BCUT2D eigenvalue weighted by molar-refractivity contribution is 6.01. The van der Waals surface area contributed by atoms with E-state index in [1.165, 1.54) is 11.1 Å². The predicted molar refractivity (Wildman–Crippen MR) is 148 cm³/mol. The van der Waals surface area contributed by atoms with Gasteiger partial charge in [0.2, 0.25) is 0 Å². The second kappa shape index (κ2) is 9.97. The van der Waals surface area contributed by atoms with Crippen molar-refractivity contribution >= 4 is 28.3 Å². The first kappa shape index (κ1) is 23.8. The number of rotatable bonds is 4. The molecule has 3 aromatic carbocycles. The monoisotopic (exact) mass is 479 g/mol. The van der Waals surface area contributed by atoms with Gasteiger partial charge in [0.1, 0.15) is 5.82 Å². The highest BCUT2D eigenvalue weighted by atomic mass is 16.2. The fraction of sp³-hybridized carbons (Fsp3) is 0.300. The number of nitrogens with zero attached hydrogens (tertiary/aromatic N) is 4. The number of hydrogen-bond acceptors (Lipinski definition) is 4. The molecule has 0 unspecified atom stereocenters. The minimum absolute atomic E-state index is 0.0607. The standard InChI is InChI=1S/C30H33N5O/c1-20(2)27-22(4)31-28(24-12-7-9-21(3)19-24)33-29(27)34-15-17-35(18-16-34)30(36)32-26-14-8-11-23-10-5-6-13-25(23)26/h5-14,19-20H,15-18H2,1-4H3,(H,32,36). The van der Waals surface area contributed by atoms with E-state index in [0.717, 1.165) is 52.4 Å². The van der Waals surface area contributed by atoms with Crippen molar-refractivity contribution < 1.29 is 4.79 Å². The molecule has 0 radical (unpaired) electrons.